The Morgan fingerprint density at radius 3 is 1.70 bits per heavy atom. The highest BCUT2D eigenvalue weighted by Gasteiger charge is 2.74. The number of rotatable bonds is 3. The van der Waals surface area contributed by atoms with Gasteiger partial charge in [0.05, 0.1) is 15.7 Å². The van der Waals surface area contributed by atoms with E-state index < -0.39 is 45.8 Å². The van der Waals surface area contributed by atoms with Crippen molar-refractivity contribution in [1.82, 2.24) is 0 Å². The summed E-state index contributed by atoms with van der Waals surface area (Å²) < 4.78 is 78.1. The van der Waals surface area contributed by atoms with Crippen LogP contribution < -0.4 is 5.32 Å². The Bertz CT molecular complexity index is 577. The molecule has 23 heavy (non-hydrogen) atoms. The van der Waals surface area contributed by atoms with Gasteiger partial charge >= 0.3 is 12.4 Å². The average molecular weight is 403 g/mol. The van der Waals surface area contributed by atoms with Crippen LogP contribution in [0.4, 0.5) is 32.0 Å². The Morgan fingerprint density at radius 2 is 1.39 bits per heavy atom. The molecule has 0 radical (unpaired) electrons. The highest BCUT2D eigenvalue weighted by atomic mass is 35.5. The molecule has 0 saturated carbocycles. The molecule has 0 bridgehead atoms. The maximum Gasteiger partial charge on any atom is 0.412 e. The van der Waals surface area contributed by atoms with Gasteiger partial charge in [0.2, 0.25) is 11.3 Å². The van der Waals surface area contributed by atoms with Gasteiger partial charge in [0, 0.05) is 5.02 Å². The van der Waals surface area contributed by atoms with Crippen LogP contribution in [0.2, 0.25) is 15.1 Å². The smallest absolute Gasteiger partial charge is 0.322 e. The van der Waals surface area contributed by atoms with Gasteiger partial charge in [-0.05, 0) is 18.6 Å². The Hall–Kier alpha value is -0.860. The minimum Gasteiger partial charge on any atom is -0.322 e. The maximum absolute atomic E-state index is 13.0. The lowest BCUT2D eigenvalue weighted by Crippen LogP contribution is -2.57. The van der Waals surface area contributed by atoms with Gasteiger partial charge in [-0.25, -0.2) is 0 Å². The van der Waals surface area contributed by atoms with E-state index in [1.807, 2.05) is 0 Å². The molecule has 0 unspecified atom stereocenters. The number of hydrogen-bond donors (Lipinski definition) is 1. The molecular formula is C12H8Cl3F6NO. The molecule has 1 amide bonds. The molecule has 1 aromatic carbocycles. The number of benzene rings is 1. The van der Waals surface area contributed by atoms with Crippen molar-refractivity contribution in [2.75, 3.05) is 5.32 Å². The zero-order chi connectivity index (χ0) is 18.2. The van der Waals surface area contributed by atoms with E-state index in [2.05, 4.69) is 0 Å². The minimum atomic E-state index is -5.87. The summed E-state index contributed by atoms with van der Waals surface area (Å²) in [4.78, 5) is 11.8. The highest BCUT2D eigenvalue weighted by molar-refractivity contribution is 6.42. The van der Waals surface area contributed by atoms with Gasteiger partial charge in [-0.15, -0.1) is 0 Å². The van der Waals surface area contributed by atoms with E-state index in [0.717, 1.165) is 12.1 Å². The lowest BCUT2D eigenvalue weighted by Gasteiger charge is -2.35. The third-order valence-corrected chi connectivity index (χ3v) is 3.95. The van der Waals surface area contributed by atoms with Crippen LogP contribution in [-0.2, 0) is 4.79 Å². The molecule has 0 fully saturated rings. The Kier molecular flexibility index (Phi) is 5.76. The van der Waals surface area contributed by atoms with Crippen molar-refractivity contribution >= 4 is 46.4 Å². The third kappa shape index (κ3) is 3.64. The van der Waals surface area contributed by atoms with Crippen molar-refractivity contribution < 1.29 is 31.1 Å². The van der Waals surface area contributed by atoms with Crippen molar-refractivity contribution in [1.29, 1.82) is 0 Å². The number of hydrogen-bond acceptors (Lipinski definition) is 1. The van der Waals surface area contributed by atoms with Crippen LogP contribution in [-0.4, -0.2) is 18.3 Å². The van der Waals surface area contributed by atoms with E-state index >= 15 is 0 Å². The predicted molar refractivity (Wildman–Crippen MR) is 74.9 cm³/mol. The Morgan fingerprint density at radius 1 is 1.00 bits per heavy atom. The topological polar surface area (TPSA) is 29.1 Å². The summed E-state index contributed by atoms with van der Waals surface area (Å²) in [5, 5.41) is 0.705. The van der Waals surface area contributed by atoms with Gasteiger partial charge in [-0.1, -0.05) is 41.7 Å². The van der Waals surface area contributed by atoms with Crippen LogP contribution >= 0.6 is 34.8 Å². The van der Waals surface area contributed by atoms with Crippen molar-refractivity contribution in [3.8, 4) is 0 Å². The second-order valence-electron chi connectivity index (χ2n) is 4.45. The van der Waals surface area contributed by atoms with E-state index in [9.17, 15) is 31.1 Å². The number of anilines is 1. The van der Waals surface area contributed by atoms with Crippen LogP contribution in [0.5, 0.6) is 0 Å². The first-order valence-electron chi connectivity index (χ1n) is 5.87. The maximum atomic E-state index is 13.0. The van der Waals surface area contributed by atoms with Crippen LogP contribution in [0.25, 0.3) is 0 Å². The molecule has 0 aliphatic rings. The standard InChI is InChI=1S/C12H8Cl3F6NO/c1-2-10(11(16,17)18,12(19,20)21)9(23)22-8-6(14)3-5(13)4-7(8)15/h3-4H,2H2,1H3,(H,22,23). The largest absolute Gasteiger partial charge is 0.412 e. The molecule has 0 atom stereocenters. The van der Waals surface area contributed by atoms with Crippen LogP contribution in [0.1, 0.15) is 13.3 Å². The molecule has 1 rings (SSSR count). The molecule has 11 heteroatoms. The van der Waals surface area contributed by atoms with Gasteiger partial charge < -0.3 is 5.32 Å². The highest BCUT2D eigenvalue weighted by Crippen LogP contribution is 2.53. The van der Waals surface area contributed by atoms with Crippen LogP contribution in [0, 0.1) is 5.41 Å². The molecule has 1 N–H and O–H groups in total. The summed E-state index contributed by atoms with van der Waals surface area (Å²) >= 11 is 16.9. The Balaban J connectivity index is 3.40. The quantitative estimate of drug-likeness (QED) is 0.608. The van der Waals surface area contributed by atoms with Crippen molar-refractivity contribution in [3.05, 3.63) is 27.2 Å². The lowest BCUT2D eigenvalue weighted by molar-refractivity contribution is -0.324. The van der Waals surface area contributed by atoms with E-state index in [1.54, 1.807) is 0 Å². The fourth-order valence-corrected chi connectivity index (χ4v) is 2.77. The van der Waals surface area contributed by atoms with Gasteiger partial charge in [-0.3, -0.25) is 4.79 Å². The van der Waals surface area contributed by atoms with E-state index in [0.29, 0.717) is 6.92 Å². The van der Waals surface area contributed by atoms with Crippen molar-refractivity contribution in [2.45, 2.75) is 25.7 Å². The fraction of sp³-hybridized carbons (Fsp3) is 0.417. The molecule has 130 valence electrons. The number of amides is 1. The molecule has 0 aliphatic carbocycles. The second kappa shape index (κ2) is 6.57. The molecule has 0 saturated heterocycles. The second-order valence-corrected chi connectivity index (χ2v) is 5.70. The monoisotopic (exact) mass is 401 g/mol. The first kappa shape index (κ1) is 20.2. The summed E-state index contributed by atoms with van der Waals surface area (Å²) in [6.45, 7) is 0.603. The average Bonchev–Trinajstić information content (AvgIpc) is 2.31. The van der Waals surface area contributed by atoms with Crippen molar-refractivity contribution in [3.63, 3.8) is 0 Å². The van der Waals surface area contributed by atoms with E-state index in [1.165, 1.54) is 5.32 Å². The summed E-state index contributed by atoms with van der Waals surface area (Å²) in [5.74, 6) is -2.33. The summed E-state index contributed by atoms with van der Waals surface area (Å²) in [6.07, 6.45) is -13.3. The number of halogens is 9. The number of alkyl halides is 6. The number of carbonyl (C=O) groups excluding carboxylic acids is 1. The molecule has 0 aliphatic heterocycles. The van der Waals surface area contributed by atoms with E-state index in [-0.39, 0.29) is 5.02 Å². The zero-order valence-electron chi connectivity index (χ0n) is 11.2. The molecule has 0 aromatic heterocycles. The summed E-state index contributed by atoms with van der Waals surface area (Å²) in [6, 6.07) is 2.03. The van der Waals surface area contributed by atoms with Gasteiger partial charge in [-0.2, -0.15) is 26.3 Å². The molecule has 2 nitrogen and oxygen atoms in total. The van der Waals surface area contributed by atoms with Crippen LogP contribution in [0.3, 0.4) is 0 Å². The lowest BCUT2D eigenvalue weighted by atomic mass is 9.82. The van der Waals surface area contributed by atoms with Gasteiger partial charge in [0.1, 0.15) is 0 Å². The third-order valence-electron chi connectivity index (χ3n) is 3.13. The normalized spacial score (nSPS) is 13.1. The minimum absolute atomic E-state index is 0.00797. The molecule has 1 aromatic rings. The van der Waals surface area contributed by atoms with E-state index in [4.69, 9.17) is 34.8 Å². The Labute approximate surface area is 141 Å². The molecule has 0 spiro atoms. The fourth-order valence-electron chi connectivity index (χ4n) is 1.86. The molecule has 0 heterocycles. The SMILES string of the molecule is CCC(C(=O)Nc1c(Cl)cc(Cl)cc1Cl)(C(F)(F)F)C(F)(F)F. The van der Waals surface area contributed by atoms with Crippen LogP contribution in [0.15, 0.2) is 12.1 Å². The first-order chi connectivity index (χ1) is 10.3. The molecular weight excluding hydrogens is 394 g/mol. The first-order valence-corrected chi connectivity index (χ1v) is 7.00. The number of nitrogens with one attached hydrogen (secondary N) is 1. The predicted octanol–water partition coefficient (Wildman–Crippen LogP) is 6.11. The summed E-state index contributed by atoms with van der Waals surface area (Å²) in [7, 11) is 0. The van der Waals surface area contributed by atoms with Gasteiger partial charge in [0.15, 0.2) is 0 Å². The van der Waals surface area contributed by atoms with Gasteiger partial charge in [0.25, 0.3) is 0 Å². The zero-order valence-corrected chi connectivity index (χ0v) is 13.4. The number of carbonyl (C=O) groups is 1. The summed E-state index contributed by atoms with van der Waals surface area (Å²) in [5.41, 5.74) is -5.18. The van der Waals surface area contributed by atoms with Crippen molar-refractivity contribution in [2.24, 2.45) is 5.41 Å².